The fourth-order valence-electron chi connectivity index (χ4n) is 3.78. The van der Waals surface area contributed by atoms with Crippen molar-refractivity contribution in [2.24, 2.45) is 0 Å². The standard InChI is InChI=1S/C25H26N6O2/c26-22-15-19(3-6-24(22)33-21-8-13-32-14-9-21)23-7-10-28-25(30-23)29-20-4-1-18(2-5-20)16-31-12-11-27-17-31/h1-7,10-12,15,17,21H,8-9,13-14,16,26H2,(H,28,29,30). The third-order valence-electron chi connectivity index (χ3n) is 5.56. The van der Waals surface area contributed by atoms with Crippen molar-refractivity contribution in [2.45, 2.75) is 25.5 Å². The number of nitrogen functional groups attached to an aromatic ring is 1. The molecule has 2 aromatic carbocycles. The Morgan fingerprint density at radius 2 is 1.91 bits per heavy atom. The summed E-state index contributed by atoms with van der Waals surface area (Å²) in [6.07, 6.45) is 9.18. The van der Waals surface area contributed by atoms with Crippen LogP contribution in [0.4, 0.5) is 17.3 Å². The maximum atomic E-state index is 6.28. The highest BCUT2D eigenvalue weighted by Crippen LogP contribution is 2.30. The van der Waals surface area contributed by atoms with Crippen LogP contribution in [0, 0.1) is 0 Å². The number of hydrogen-bond donors (Lipinski definition) is 2. The number of rotatable bonds is 7. The van der Waals surface area contributed by atoms with Crippen molar-refractivity contribution in [2.75, 3.05) is 24.3 Å². The third kappa shape index (κ3) is 5.30. The molecule has 2 aromatic heterocycles. The number of imidazole rings is 1. The molecule has 4 aromatic rings. The van der Waals surface area contributed by atoms with Crippen molar-refractivity contribution >= 4 is 17.3 Å². The minimum atomic E-state index is 0.146. The first-order valence-corrected chi connectivity index (χ1v) is 11.0. The van der Waals surface area contributed by atoms with E-state index in [0.29, 0.717) is 17.4 Å². The van der Waals surface area contributed by atoms with E-state index < -0.39 is 0 Å². The first-order valence-electron chi connectivity index (χ1n) is 11.0. The molecule has 0 bridgehead atoms. The topological polar surface area (TPSA) is 100 Å². The second kappa shape index (κ2) is 9.70. The van der Waals surface area contributed by atoms with E-state index in [1.54, 1.807) is 12.4 Å². The van der Waals surface area contributed by atoms with E-state index in [0.717, 1.165) is 49.5 Å². The highest BCUT2D eigenvalue weighted by atomic mass is 16.5. The molecule has 8 nitrogen and oxygen atoms in total. The quantitative estimate of drug-likeness (QED) is 0.412. The van der Waals surface area contributed by atoms with Gasteiger partial charge in [0.1, 0.15) is 11.9 Å². The number of ether oxygens (including phenoxy) is 2. The van der Waals surface area contributed by atoms with E-state index in [9.17, 15) is 0 Å². The van der Waals surface area contributed by atoms with Gasteiger partial charge in [0.2, 0.25) is 5.95 Å². The van der Waals surface area contributed by atoms with Crippen LogP contribution in [0.2, 0.25) is 0 Å². The van der Waals surface area contributed by atoms with Crippen LogP contribution in [-0.2, 0) is 11.3 Å². The largest absolute Gasteiger partial charge is 0.488 e. The number of nitrogens with zero attached hydrogens (tertiary/aromatic N) is 4. The molecule has 0 unspecified atom stereocenters. The van der Waals surface area contributed by atoms with E-state index in [1.165, 1.54) is 5.56 Å². The number of benzene rings is 2. The van der Waals surface area contributed by atoms with Gasteiger partial charge >= 0.3 is 0 Å². The lowest BCUT2D eigenvalue weighted by Crippen LogP contribution is -2.26. The summed E-state index contributed by atoms with van der Waals surface area (Å²) in [5.74, 6) is 1.23. The van der Waals surface area contributed by atoms with Gasteiger partial charge in [-0.2, -0.15) is 0 Å². The van der Waals surface area contributed by atoms with E-state index in [4.69, 9.17) is 15.2 Å². The average molecular weight is 443 g/mol. The van der Waals surface area contributed by atoms with Gasteiger partial charge in [-0.05, 0) is 42.0 Å². The molecule has 5 rings (SSSR count). The predicted molar refractivity (Wildman–Crippen MR) is 127 cm³/mol. The van der Waals surface area contributed by atoms with Gasteiger partial charge in [0.15, 0.2) is 0 Å². The van der Waals surface area contributed by atoms with E-state index in [1.807, 2.05) is 53.5 Å². The number of hydrogen-bond acceptors (Lipinski definition) is 7. The summed E-state index contributed by atoms with van der Waals surface area (Å²) < 4.78 is 13.5. The molecule has 168 valence electrons. The zero-order valence-corrected chi connectivity index (χ0v) is 18.2. The van der Waals surface area contributed by atoms with Crippen LogP contribution < -0.4 is 15.8 Å². The van der Waals surface area contributed by atoms with Gasteiger partial charge < -0.3 is 25.1 Å². The summed E-state index contributed by atoms with van der Waals surface area (Å²) >= 11 is 0. The van der Waals surface area contributed by atoms with Crippen molar-refractivity contribution in [3.05, 3.63) is 79.0 Å². The van der Waals surface area contributed by atoms with Gasteiger partial charge in [-0.25, -0.2) is 15.0 Å². The van der Waals surface area contributed by atoms with Crippen molar-refractivity contribution < 1.29 is 9.47 Å². The van der Waals surface area contributed by atoms with Gasteiger partial charge in [-0.3, -0.25) is 0 Å². The van der Waals surface area contributed by atoms with Crippen LogP contribution >= 0.6 is 0 Å². The molecule has 3 heterocycles. The smallest absolute Gasteiger partial charge is 0.227 e. The molecule has 0 saturated carbocycles. The summed E-state index contributed by atoms with van der Waals surface area (Å²) in [6, 6.07) is 15.8. The summed E-state index contributed by atoms with van der Waals surface area (Å²) in [6.45, 7) is 2.24. The van der Waals surface area contributed by atoms with Crippen LogP contribution in [0.3, 0.4) is 0 Å². The molecular formula is C25H26N6O2. The molecule has 0 amide bonds. The lowest BCUT2D eigenvalue weighted by atomic mass is 10.1. The van der Waals surface area contributed by atoms with Gasteiger partial charge in [-0.1, -0.05) is 12.1 Å². The number of nitrogens with one attached hydrogen (secondary N) is 1. The fourth-order valence-corrected chi connectivity index (χ4v) is 3.78. The van der Waals surface area contributed by atoms with E-state index in [2.05, 4.69) is 32.4 Å². The molecule has 0 radical (unpaired) electrons. The van der Waals surface area contributed by atoms with Crippen LogP contribution in [0.1, 0.15) is 18.4 Å². The first-order chi connectivity index (χ1) is 16.2. The Kier molecular flexibility index (Phi) is 6.16. The van der Waals surface area contributed by atoms with Crippen molar-refractivity contribution in [1.82, 2.24) is 19.5 Å². The minimum Gasteiger partial charge on any atom is -0.488 e. The lowest BCUT2D eigenvalue weighted by Gasteiger charge is -2.24. The summed E-state index contributed by atoms with van der Waals surface area (Å²) in [5, 5.41) is 3.27. The predicted octanol–water partition coefficient (Wildman–Crippen LogP) is 4.27. The monoisotopic (exact) mass is 442 g/mol. The highest BCUT2D eigenvalue weighted by molar-refractivity contribution is 5.69. The summed E-state index contributed by atoms with van der Waals surface area (Å²) in [5.41, 5.74) is 10.7. The highest BCUT2D eigenvalue weighted by Gasteiger charge is 2.17. The van der Waals surface area contributed by atoms with Crippen LogP contribution in [0.15, 0.2) is 73.4 Å². The summed E-state index contributed by atoms with van der Waals surface area (Å²) in [4.78, 5) is 13.1. The Bertz CT molecular complexity index is 1190. The Morgan fingerprint density at radius 1 is 1.06 bits per heavy atom. The Balaban J connectivity index is 1.26. The Morgan fingerprint density at radius 3 is 2.67 bits per heavy atom. The van der Waals surface area contributed by atoms with E-state index in [-0.39, 0.29) is 6.10 Å². The average Bonchev–Trinajstić information content (AvgIpc) is 3.36. The van der Waals surface area contributed by atoms with E-state index >= 15 is 0 Å². The lowest BCUT2D eigenvalue weighted by molar-refractivity contribution is 0.0259. The summed E-state index contributed by atoms with van der Waals surface area (Å²) in [7, 11) is 0. The molecular weight excluding hydrogens is 416 g/mol. The fraction of sp³-hybridized carbons (Fsp3) is 0.240. The Hall–Kier alpha value is -3.91. The SMILES string of the molecule is Nc1cc(-c2ccnc(Nc3ccc(Cn4ccnc4)cc3)n2)ccc1OC1CCOCC1. The number of nitrogens with two attached hydrogens (primary N) is 1. The van der Waals surface area contributed by atoms with Crippen molar-refractivity contribution in [3.63, 3.8) is 0 Å². The molecule has 0 aliphatic carbocycles. The van der Waals surface area contributed by atoms with Gasteiger partial charge in [0.25, 0.3) is 0 Å². The van der Waals surface area contributed by atoms with Crippen molar-refractivity contribution in [3.8, 4) is 17.0 Å². The molecule has 0 atom stereocenters. The van der Waals surface area contributed by atoms with Crippen LogP contribution in [0.5, 0.6) is 5.75 Å². The van der Waals surface area contributed by atoms with Gasteiger partial charge in [-0.15, -0.1) is 0 Å². The normalized spacial score (nSPS) is 14.2. The van der Waals surface area contributed by atoms with Gasteiger partial charge in [0.05, 0.1) is 30.9 Å². The third-order valence-corrected chi connectivity index (χ3v) is 5.56. The van der Waals surface area contributed by atoms with Gasteiger partial charge in [0, 0.05) is 49.2 Å². The second-order valence-electron chi connectivity index (χ2n) is 8.00. The zero-order valence-electron chi connectivity index (χ0n) is 18.2. The maximum absolute atomic E-state index is 6.28. The molecule has 3 N–H and O–H groups in total. The van der Waals surface area contributed by atoms with Crippen LogP contribution in [0.25, 0.3) is 11.3 Å². The molecule has 33 heavy (non-hydrogen) atoms. The molecule has 1 saturated heterocycles. The molecule has 0 spiro atoms. The van der Waals surface area contributed by atoms with Crippen LogP contribution in [-0.4, -0.2) is 38.8 Å². The Labute approximate surface area is 192 Å². The first kappa shape index (κ1) is 21.0. The molecule has 8 heteroatoms. The zero-order chi connectivity index (χ0) is 22.5. The second-order valence-corrected chi connectivity index (χ2v) is 8.00. The molecule has 1 aliphatic heterocycles. The van der Waals surface area contributed by atoms with Crippen molar-refractivity contribution in [1.29, 1.82) is 0 Å². The molecule has 1 fully saturated rings. The number of aromatic nitrogens is 4. The number of anilines is 3. The maximum Gasteiger partial charge on any atom is 0.227 e. The molecule has 1 aliphatic rings. The minimum absolute atomic E-state index is 0.146.